The van der Waals surface area contributed by atoms with E-state index in [1.54, 1.807) is 12.3 Å². The van der Waals surface area contributed by atoms with Gasteiger partial charge in [0.15, 0.2) is 0 Å². The first-order valence-corrected chi connectivity index (χ1v) is 8.74. The molecule has 0 N–H and O–H groups in total. The molecule has 2 aromatic rings. The Hall–Kier alpha value is -2.24. The van der Waals surface area contributed by atoms with Crippen LogP contribution in [0.25, 0.3) is 6.08 Å². The van der Waals surface area contributed by atoms with Crippen molar-refractivity contribution in [2.24, 2.45) is 0 Å². The molecule has 0 spiro atoms. The minimum absolute atomic E-state index is 0.0447. The monoisotopic (exact) mass is 358 g/mol. The molecule has 4 rings (SSSR count). The third-order valence-corrected chi connectivity index (χ3v) is 4.81. The average Bonchev–Trinajstić information content (AvgIpc) is 3.14. The van der Waals surface area contributed by atoms with Crippen molar-refractivity contribution in [1.29, 1.82) is 0 Å². The molecule has 0 saturated carbocycles. The average molecular weight is 359 g/mol. The number of carbonyl (C=O) groups is 1. The molecule has 1 fully saturated rings. The Morgan fingerprint density at radius 3 is 2.76 bits per heavy atom. The number of hydrogen-bond donors (Lipinski definition) is 0. The van der Waals surface area contributed by atoms with Gasteiger partial charge in [0, 0.05) is 36.8 Å². The summed E-state index contributed by atoms with van der Waals surface area (Å²) < 4.78 is 11.1. The van der Waals surface area contributed by atoms with Crippen LogP contribution >= 0.6 is 11.6 Å². The van der Waals surface area contributed by atoms with E-state index in [4.69, 9.17) is 20.8 Å². The zero-order chi connectivity index (χ0) is 17.2. The molecular weight excluding hydrogens is 340 g/mol. The minimum atomic E-state index is 0.0447. The van der Waals surface area contributed by atoms with Gasteiger partial charge in [0.25, 0.3) is 5.91 Å². The molecule has 3 heterocycles. The molecule has 0 unspecified atom stereocenters. The number of benzene rings is 1. The van der Waals surface area contributed by atoms with Gasteiger partial charge in [-0.1, -0.05) is 11.6 Å². The molecule has 0 radical (unpaired) electrons. The van der Waals surface area contributed by atoms with E-state index in [1.165, 1.54) is 0 Å². The standard InChI is InChI=1S/C19H19ClN2O3/c20-16-3-4-18-14(11-16)10-15(13-25-18)19(23)22-7-5-21(6-8-22)12-17-2-1-9-24-17/h1-4,9-11H,5-8,12-13H2. The fraction of sp³-hybridized carbons (Fsp3) is 0.316. The highest BCUT2D eigenvalue weighted by atomic mass is 35.5. The zero-order valence-corrected chi connectivity index (χ0v) is 14.5. The second-order valence-corrected chi connectivity index (χ2v) is 6.72. The van der Waals surface area contributed by atoms with Crippen LogP contribution in [-0.2, 0) is 11.3 Å². The Balaban J connectivity index is 1.39. The van der Waals surface area contributed by atoms with Crippen molar-refractivity contribution in [2.45, 2.75) is 6.54 Å². The van der Waals surface area contributed by atoms with Crippen LogP contribution < -0.4 is 4.74 Å². The number of rotatable bonds is 3. The topological polar surface area (TPSA) is 45.9 Å². The van der Waals surface area contributed by atoms with Gasteiger partial charge in [0.05, 0.1) is 18.4 Å². The smallest absolute Gasteiger partial charge is 0.253 e. The first-order valence-electron chi connectivity index (χ1n) is 8.36. The number of carbonyl (C=O) groups excluding carboxylic acids is 1. The summed E-state index contributed by atoms with van der Waals surface area (Å²) in [6.07, 6.45) is 3.58. The molecule has 1 aromatic heterocycles. The molecule has 0 atom stereocenters. The van der Waals surface area contributed by atoms with Crippen LogP contribution in [0.3, 0.4) is 0 Å². The van der Waals surface area contributed by atoms with E-state index in [9.17, 15) is 4.79 Å². The summed E-state index contributed by atoms with van der Waals surface area (Å²) in [5.41, 5.74) is 1.54. The lowest BCUT2D eigenvalue weighted by molar-refractivity contribution is -0.129. The van der Waals surface area contributed by atoms with Gasteiger partial charge in [-0.05, 0) is 36.4 Å². The quantitative estimate of drug-likeness (QED) is 0.846. The van der Waals surface area contributed by atoms with Crippen LogP contribution in [0.1, 0.15) is 11.3 Å². The summed E-state index contributed by atoms with van der Waals surface area (Å²) in [7, 11) is 0. The Labute approximate surface area is 151 Å². The summed E-state index contributed by atoms with van der Waals surface area (Å²) in [6.45, 7) is 4.18. The van der Waals surface area contributed by atoms with Crippen molar-refractivity contribution >= 4 is 23.6 Å². The maximum Gasteiger partial charge on any atom is 0.253 e. The maximum absolute atomic E-state index is 12.8. The molecule has 2 aliphatic heterocycles. The predicted octanol–water partition coefficient (Wildman–Crippen LogP) is 3.05. The Morgan fingerprint density at radius 1 is 1.16 bits per heavy atom. The van der Waals surface area contributed by atoms with Gasteiger partial charge >= 0.3 is 0 Å². The Morgan fingerprint density at radius 2 is 2.00 bits per heavy atom. The van der Waals surface area contributed by atoms with E-state index in [1.807, 2.05) is 35.2 Å². The number of ether oxygens (including phenoxy) is 1. The number of piperazine rings is 1. The van der Waals surface area contributed by atoms with Crippen LogP contribution in [0.5, 0.6) is 5.75 Å². The lowest BCUT2D eigenvalue weighted by Gasteiger charge is -2.35. The molecule has 1 aromatic carbocycles. The van der Waals surface area contributed by atoms with Gasteiger partial charge in [0.1, 0.15) is 18.1 Å². The molecule has 5 nitrogen and oxygen atoms in total. The van der Waals surface area contributed by atoms with Crippen LogP contribution in [0.15, 0.2) is 46.6 Å². The van der Waals surface area contributed by atoms with Crippen molar-refractivity contribution in [3.8, 4) is 5.75 Å². The second kappa shape index (κ2) is 6.94. The van der Waals surface area contributed by atoms with Crippen molar-refractivity contribution in [3.05, 3.63) is 58.5 Å². The van der Waals surface area contributed by atoms with Gasteiger partial charge in [0.2, 0.25) is 0 Å². The van der Waals surface area contributed by atoms with Gasteiger partial charge < -0.3 is 14.1 Å². The van der Waals surface area contributed by atoms with E-state index >= 15 is 0 Å². The fourth-order valence-electron chi connectivity index (χ4n) is 3.21. The summed E-state index contributed by atoms with van der Waals surface area (Å²) in [5, 5.41) is 0.638. The van der Waals surface area contributed by atoms with E-state index < -0.39 is 0 Å². The second-order valence-electron chi connectivity index (χ2n) is 6.29. The number of furan rings is 1. The van der Waals surface area contributed by atoms with E-state index in [0.717, 1.165) is 36.7 Å². The molecule has 2 aliphatic rings. The fourth-order valence-corrected chi connectivity index (χ4v) is 3.39. The highest BCUT2D eigenvalue weighted by Gasteiger charge is 2.26. The van der Waals surface area contributed by atoms with Gasteiger partial charge in [-0.2, -0.15) is 0 Å². The molecule has 0 aliphatic carbocycles. The number of amides is 1. The Bertz CT molecular complexity index is 793. The van der Waals surface area contributed by atoms with Gasteiger partial charge in [-0.3, -0.25) is 9.69 Å². The summed E-state index contributed by atoms with van der Waals surface area (Å²) >= 11 is 6.03. The summed E-state index contributed by atoms with van der Waals surface area (Å²) in [4.78, 5) is 17.0. The van der Waals surface area contributed by atoms with E-state index in [-0.39, 0.29) is 5.91 Å². The maximum atomic E-state index is 12.8. The van der Waals surface area contributed by atoms with Crippen molar-refractivity contribution in [2.75, 3.05) is 32.8 Å². The normalized spacial score (nSPS) is 17.6. The molecule has 0 bridgehead atoms. The first kappa shape index (κ1) is 16.2. The van der Waals surface area contributed by atoms with Crippen LogP contribution in [0.4, 0.5) is 0 Å². The van der Waals surface area contributed by atoms with Crippen molar-refractivity contribution < 1.29 is 13.9 Å². The molecule has 25 heavy (non-hydrogen) atoms. The highest BCUT2D eigenvalue weighted by Crippen LogP contribution is 2.29. The third kappa shape index (κ3) is 3.57. The number of nitrogens with zero attached hydrogens (tertiary/aromatic N) is 2. The largest absolute Gasteiger partial charge is 0.488 e. The Kier molecular flexibility index (Phi) is 4.51. The van der Waals surface area contributed by atoms with Gasteiger partial charge in [-0.15, -0.1) is 0 Å². The highest BCUT2D eigenvalue weighted by molar-refractivity contribution is 6.30. The van der Waals surface area contributed by atoms with E-state index in [0.29, 0.717) is 30.3 Å². The van der Waals surface area contributed by atoms with Crippen LogP contribution in [0.2, 0.25) is 5.02 Å². The molecule has 6 heteroatoms. The number of fused-ring (bicyclic) bond motifs is 1. The van der Waals surface area contributed by atoms with Crippen LogP contribution in [0, 0.1) is 0 Å². The summed E-state index contributed by atoms with van der Waals surface area (Å²) in [6, 6.07) is 9.33. The number of halogens is 1. The molecule has 130 valence electrons. The molecular formula is C19H19ClN2O3. The van der Waals surface area contributed by atoms with Crippen molar-refractivity contribution in [1.82, 2.24) is 9.80 Å². The number of hydrogen-bond acceptors (Lipinski definition) is 4. The first-order chi connectivity index (χ1) is 12.2. The van der Waals surface area contributed by atoms with E-state index in [2.05, 4.69) is 4.90 Å². The molecule has 1 amide bonds. The SMILES string of the molecule is O=C(C1=Cc2cc(Cl)ccc2OC1)N1CCN(Cc2ccco2)CC1. The summed E-state index contributed by atoms with van der Waals surface area (Å²) in [5.74, 6) is 1.77. The lowest BCUT2D eigenvalue weighted by atomic mass is 10.1. The third-order valence-electron chi connectivity index (χ3n) is 4.58. The minimum Gasteiger partial charge on any atom is -0.488 e. The van der Waals surface area contributed by atoms with Crippen LogP contribution in [-0.4, -0.2) is 48.5 Å². The molecule has 1 saturated heterocycles. The zero-order valence-electron chi connectivity index (χ0n) is 13.8. The lowest BCUT2D eigenvalue weighted by Crippen LogP contribution is -2.49. The van der Waals surface area contributed by atoms with Crippen molar-refractivity contribution in [3.63, 3.8) is 0 Å². The van der Waals surface area contributed by atoms with Gasteiger partial charge in [-0.25, -0.2) is 0 Å². The predicted molar refractivity (Wildman–Crippen MR) is 95.5 cm³/mol.